The summed E-state index contributed by atoms with van der Waals surface area (Å²) in [5.41, 5.74) is 2.06. The lowest BCUT2D eigenvalue weighted by atomic mass is 10.0. The fourth-order valence-corrected chi connectivity index (χ4v) is 5.50. The number of nitrogens with zero attached hydrogens (tertiary/aromatic N) is 5. The molecule has 11 heteroatoms. The molecule has 2 N–H and O–H groups in total. The molecule has 1 unspecified atom stereocenters. The van der Waals surface area contributed by atoms with Gasteiger partial charge >= 0.3 is 0 Å². The summed E-state index contributed by atoms with van der Waals surface area (Å²) in [4.78, 5) is 22.6. The zero-order valence-electron chi connectivity index (χ0n) is 22.9. The normalized spacial score (nSPS) is 17.8. The summed E-state index contributed by atoms with van der Waals surface area (Å²) in [5, 5.41) is 17.3. The molecule has 6 rings (SSSR count). The van der Waals surface area contributed by atoms with Crippen molar-refractivity contribution in [2.75, 3.05) is 37.3 Å². The average Bonchev–Trinajstić information content (AvgIpc) is 3.61. The van der Waals surface area contributed by atoms with Crippen LogP contribution in [0, 0.1) is 5.82 Å². The van der Waals surface area contributed by atoms with Crippen molar-refractivity contribution in [3.63, 3.8) is 0 Å². The highest BCUT2D eigenvalue weighted by atomic mass is 32.2. The molecule has 2 aliphatic rings. The number of anilines is 1. The number of aromatic hydroxyl groups is 1. The minimum atomic E-state index is -0.837. The second kappa shape index (κ2) is 13.3. The number of aromatic nitrogens is 3. The van der Waals surface area contributed by atoms with Gasteiger partial charge in [-0.15, -0.1) is 16.9 Å². The third kappa shape index (κ3) is 7.53. The number of phenolic OH excluding ortho intramolecular Hbond substituents is 1. The van der Waals surface area contributed by atoms with Gasteiger partial charge in [0, 0.05) is 37.1 Å². The Morgan fingerprint density at radius 2 is 1.85 bits per heavy atom. The average molecular weight is 581 g/mol. The van der Waals surface area contributed by atoms with Gasteiger partial charge in [0.05, 0.1) is 12.7 Å². The highest BCUT2D eigenvalue weighted by Crippen LogP contribution is 2.21. The van der Waals surface area contributed by atoms with E-state index in [0.29, 0.717) is 36.7 Å². The van der Waals surface area contributed by atoms with Crippen molar-refractivity contribution < 1.29 is 18.7 Å². The molecular formula is C30H34F2N6O2S. The highest BCUT2D eigenvalue weighted by molar-refractivity contribution is 7.98. The van der Waals surface area contributed by atoms with E-state index in [-0.39, 0.29) is 23.5 Å². The van der Waals surface area contributed by atoms with Gasteiger partial charge < -0.3 is 15.3 Å². The minimum absolute atomic E-state index is 0.0857. The third-order valence-corrected chi connectivity index (χ3v) is 8.07. The third-order valence-electron chi connectivity index (χ3n) is 7.32. The number of likely N-dealkylation sites (tertiary alicyclic amines) is 1. The maximum atomic E-state index is 13.6. The summed E-state index contributed by atoms with van der Waals surface area (Å²) >= 11 is 1.61. The lowest BCUT2D eigenvalue weighted by molar-refractivity contribution is 0.0901. The topological polar surface area (TPSA) is 86.0 Å². The molecule has 0 bridgehead atoms. The van der Waals surface area contributed by atoms with E-state index in [0.717, 1.165) is 42.9 Å². The van der Waals surface area contributed by atoms with Crippen molar-refractivity contribution in [3.8, 4) is 5.75 Å². The van der Waals surface area contributed by atoms with Crippen LogP contribution in [-0.2, 0) is 6.54 Å². The number of hydrogen-bond acceptors (Lipinski definition) is 7. The van der Waals surface area contributed by atoms with Crippen LogP contribution in [0.15, 0.2) is 71.8 Å². The van der Waals surface area contributed by atoms with E-state index in [1.807, 2.05) is 35.4 Å². The Hall–Kier alpha value is -3.70. The number of thioether (sulfide) groups is 1. The molecule has 0 spiro atoms. The Balaban J connectivity index is 0.000000321. The molecule has 0 aliphatic carbocycles. The number of halogens is 2. The van der Waals surface area contributed by atoms with E-state index in [2.05, 4.69) is 20.3 Å². The Morgan fingerprint density at radius 3 is 2.54 bits per heavy atom. The standard InChI is InChI=1S/C23H27FN6O2.C7H7FS/c24-17-6-11-29(15-17)22-5-4-21-25-13-20(30(21)27-22)23(32)26-18-7-9-28(10-8-18)14-16-2-1-3-19(31)12-16;1-9-7-4-2-6(8)3-5-7/h1-5,12-13,17-18,31H,6-11,14-15H2,(H,26,32);2-5H,1H3. The Kier molecular flexibility index (Phi) is 9.35. The molecular weight excluding hydrogens is 546 g/mol. The van der Waals surface area contributed by atoms with Gasteiger partial charge in [-0.2, -0.15) is 0 Å². The van der Waals surface area contributed by atoms with Crippen LogP contribution in [0.1, 0.15) is 35.3 Å². The molecule has 2 saturated heterocycles. The summed E-state index contributed by atoms with van der Waals surface area (Å²) in [5.74, 6) is 0.569. The molecule has 41 heavy (non-hydrogen) atoms. The van der Waals surface area contributed by atoms with Gasteiger partial charge in [0.2, 0.25) is 0 Å². The minimum Gasteiger partial charge on any atom is -0.508 e. The van der Waals surface area contributed by atoms with Crippen molar-refractivity contribution in [2.45, 2.75) is 42.9 Å². The first-order valence-corrected chi connectivity index (χ1v) is 14.9. The van der Waals surface area contributed by atoms with Gasteiger partial charge in [0.15, 0.2) is 11.3 Å². The molecule has 1 atom stereocenters. The number of benzene rings is 2. The van der Waals surface area contributed by atoms with Gasteiger partial charge in [0.25, 0.3) is 5.91 Å². The van der Waals surface area contributed by atoms with Crippen molar-refractivity contribution in [2.24, 2.45) is 0 Å². The number of amides is 1. The lowest BCUT2D eigenvalue weighted by Crippen LogP contribution is -2.44. The Labute approximate surface area is 242 Å². The van der Waals surface area contributed by atoms with Gasteiger partial charge in [-0.25, -0.2) is 18.3 Å². The Morgan fingerprint density at radius 1 is 1.07 bits per heavy atom. The number of nitrogens with one attached hydrogen (secondary N) is 1. The fourth-order valence-electron chi connectivity index (χ4n) is 5.09. The van der Waals surface area contributed by atoms with E-state index in [1.54, 1.807) is 46.7 Å². The smallest absolute Gasteiger partial charge is 0.271 e. The van der Waals surface area contributed by atoms with Gasteiger partial charge in [-0.3, -0.25) is 9.69 Å². The first kappa shape index (κ1) is 28.8. The predicted octanol–water partition coefficient (Wildman–Crippen LogP) is 4.93. The van der Waals surface area contributed by atoms with Gasteiger partial charge in [0.1, 0.15) is 23.6 Å². The number of carbonyl (C=O) groups is 1. The molecule has 2 aliphatic heterocycles. The SMILES string of the molecule is CSc1ccc(F)cc1.O=C(NC1CCN(Cc2cccc(O)c2)CC1)c1cnc2ccc(N3CCC(F)C3)nn12. The van der Waals surface area contributed by atoms with Gasteiger partial charge in [-0.05, 0) is 79.6 Å². The molecule has 4 heterocycles. The summed E-state index contributed by atoms with van der Waals surface area (Å²) in [7, 11) is 0. The zero-order valence-corrected chi connectivity index (χ0v) is 23.7. The van der Waals surface area contributed by atoms with Crippen LogP contribution in [0.2, 0.25) is 0 Å². The summed E-state index contributed by atoms with van der Waals surface area (Å²) in [6.45, 7) is 3.48. The van der Waals surface area contributed by atoms with E-state index in [9.17, 15) is 18.7 Å². The number of fused-ring (bicyclic) bond motifs is 1. The number of piperidine rings is 1. The van der Waals surface area contributed by atoms with E-state index in [1.165, 1.54) is 12.1 Å². The molecule has 0 radical (unpaired) electrons. The lowest BCUT2D eigenvalue weighted by Gasteiger charge is -2.32. The maximum absolute atomic E-state index is 13.6. The number of phenols is 1. The molecule has 1 amide bonds. The highest BCUT2D eigenvalue weighted by Gasteiger charge is 2.25. The first-order valence-electron chi connectivity index (χ1n) is 13.7. The molecule has 216 valence electrons. The van der Waals surface area contributed by atoms with Crippen LogP contribution >= 0.6 is 11.8 Å². The Bertz CT molecular complexity index is 1460. The van der Waals surface area contributed by atoms with E-state index < -0.39 is 6.17 Å². The molecule has 8 nitrogen and oxygen atoms in total. The second-order valence-electron chi connectivity index (χ2n) is 10.3. The zero-order chi connectivity index (χ0) is 28.8. The number of alkyl halides is 1. The van der Waals surface area contributed by atoms with Crippen LogP contribution < -0.4 is 10.2 Å². The fraction of sp³-hybridized carbons (Fsp3) is 0.367. The van der Waals surface area contributed by atoms with Crippen molar-refractivity contribution >= 4 is 29.1 Å². The van der Waals surface area contributed by atoms with Crippen LogP contribution in [0.4, 0.5) is 14.6 Å². The monoisotopic (exact) mass is 580 g/mol. The van der Waals surface area contributed by atoms with Crippen LogP contribution in [0.5, 0.6) is 5.75 Å². The van der Waals surface area contributed by atoms with Crippen LogP contribution in [0.25, 0.3) is 5.65 Å². The van der Waals surface area contributed by atoms with Crippen molar-refractivity contribution in [3.05, 3.63) is 83.9 Å². The predicted molar refractivity (Wildman–Crippen MR) is 157 cm³/mol. The van der Waals surface area contributed by atoms with Crippen LogP contribution in [-0.4, -0.2) is 75.2 Å². The van der Waals surface area contributed by atoms with E-state index >= 15 is 0 Å². The number of rotatable bonds is 6. The summed E-state index contributed by atoms with van der Waals surface area (Å²) in [6, 6.07) is 17.5. The van der Waals surface area contributed by atoms with E-state index in [4.69, 9.17) is 0 Å². The maximum Gasteiger partial charge on any atom is 0.271 e. The second-order valence-corrected chi connectivity index (χ2v) is 11.2. The molecule has 2 aromatic carbocycles. The van der Waals surface area contributed by atoms with Crippen molar-refractivity contribution in [1.82, 2.24) is 24.8 Å². The van der Waals surface area contributed by atoms with Crippen LogP contribution in [0.3, 0.4) is 0 Å². The van der Waals surface area contributed by atoms with Gasteiger partial charge in [-0.1, -0.05) is 12.1 Å². The number of imidazole rings is 1. The summed E-state index contributed by atoms with van der Waals surface area (Å²) in [6.07, 6.45) is 4.88. The number of hydrogen-bond donors (Lipinski definition) is 2. The number of carbonyl (C=O) groups excluding carboxylic acids is 1. The molecule has 0 saturated carbocycles. The summed E-state index contributed by atoms with van der Waals surface area (Å²) < 4.78 is 27.3. The molecule has 2 aromatic heterocycles. The first-order chi connectivity index (χ1) is 19.9. The quantitative estimate of drug-likeness (QED) is 0.313. The molecule has 4 aromatic rings. The van der Waals surface area contributed by atoms with Crippen molar-refractivity contribution in [1.29, 1.82) is 0 Å². The molecule has 2 fully saturated rings. The largest absolute Gasteiger partial charge is 0.508 e.